The lowest BCUT2D eigenvalue weighted by Gasteiger charge is -2.21. The molecular weight excluding hydrogens is 449 g/mol. The molecule has 0 bridgehead atoms. The van der Waals surface area contributed by atoms with Crippen LogP contribution in [0.3, 0.4) is 0 Å². The number of nitrogens with one attached hydrogen (secondary N) is 1. The Morgan fingerprint density at radius 1 is 1.40 bits per heavy atom. The van der Waals surface area contributed by atoms with E-state index in [0.29, 0.717) is 18.6 Å². The number of aliphatic hydroxyl groups excluding tert-OH is 1. The number of nitrogens with zero attached hydrogens (tertiary/aromatic N) is 2. The van der Waals surface area contributed by atoms with Crippen molar-refractivity contribution < 1.29 is 23.7 Å². The second kappa shape index (κ2) is 9.27. The molecular formula is C18H20N3O6PS2. The van der Waals surface area contributed by atoms with Crippen molar-refractivity contribution in [1.29, 1.82) is 0 Å². The third-order valence-corrected chi connectivity index (χ3v) is 9.91. The molecule has 160 valence electrons. The minimum atomic E-state index is -2.44. The minimum absolute atomic E-state index is 0.140. The van der Waals surface area contributed by atoms with Gasteiger partial charge in [0, 0.05) is 23.9 Å². The van der Waals surface area contributed by atoms with E-state index in [1.165, 1.54) is 28.2 Å². The average molecular weight is 469 g/mol. The summed E-state index contributed by atoms with van der Waals surface area (Å²) in [6, 6.07) is 10.2. The summed E-state index contributed by atoms with van der Waals surface area (Å²) in [7, 11) is 0. The molecule has 0 spiro atoms. The molecule has 2 N–H and O–H groups in total. The molecule has 12 heteroatoms. The zero-order chi connectivity index (χ0) is 21.1. The van der Waals surface area contributed by atoms with Crippen LogP contribution in [0.4, 0.5) is 5.82 Å². The number of hydrogen-bond acceptors (Lipinski definition) is 9. The van der Waals surface area contributed by atoms with E-state index < -0.39 is 29.8 Å². The Morgan fingerprint density at radius 2 is 2.20 bits per heavy atom. The van der Waals surface area contributed by atoms with E-state index in [1.807, 2.05) is 6.07 Å². The Kier molecular flexibility index (Phi) is 6.69. The van der Waals surface area contributed by atoms with E-state index in [0.717, 1.165) is 5.75 Å². The molecule has 2 aliphatic rings. The number of aliphatic hydroxyl groups is 1. The predicted octanol–water partition coefficient (Wildman–Crippen LogP) is 2.15. The molecule has 2 aliphatic heterocycles. The van der Waals surface area contributed by atoms with E-state index in [1.54, 1.807) is 24.3 Å². The normalized spacial score (nSPS) is 28.5. The molecule has 2 aromatic rings. The van der Waals surface area contributed by atoms with Gasteiger partial charge in [0.05, 0.1) is 19.3 Å². The molecule has 1 aromatic carbocycles. The van der Waals surface area contributed by atoms with E-state index >= 15 is 0 Å². The maximum Gasteiger partial charge on any atom is 0.351 e. The van der Waals surface area contributed by atoms with Crippen LogP contribution in [0.25, 0.3) is 0 Å². The van der Waals surface area contributed by atoms with E-state index in [4.69, 9.17) is 25.6 Å². The Bertz CT molecular complexity index is 1010. The second-order valence-corrected chi connectivity index (χ2v) is 13.0. The van der Waals surface area contributed by atoms with Gasteiger partial charge in [0.2, 0.25) is 5.69 Å². The van der Waals surface area contributed by atoms with Gasteiger partial charge in [0.15, 0.2) is 0 Å². The highest BCUT2D eigenvalue weighted by Gasteiger charge is 2.41. The number of ether oxygens (including phenoxy) is 1. The first kappa shape index (κ1) is 21.6. The number of benzene rings is 1. The zero-order valence-corrected chi connectivity index (χ0v) is 18.3. The van der Waals surface area contributed by atoms with Gasteiger partial charge in [0.1, 0.15) is 18.1 Å². The van der Waals surface area contributed by atoms with Crippen LogP contribution in [0.1, 0.15) is 23.0 Å². The number of anilines is 1. The molecule has 1 aromatic heterocycles. The molecule has 4 atom stereocenters. The van der Waals surface area contributed by atoms with Crippen LogP contribution in [-0.2, 0) is 25.6 Å². The van der Waals surface area contributed by atoms with Gasteiger partial charge >= 0.3 is 5.69 Å². The van der Waals surface area contributed by atoms with Crippen LogP contribution >= 0.6 is 17.1 Å². The van der Waals surface area contributed by atoms with Crippen LogP contribution < -0.4 is 11.0 Å². The maximum atomic E-state index is 12.5. The fourth-order valence-electron chi connectivity index (χ4n) is 3.19. The van der Waals surface area contributed by atoms with Crippen LogP contribution in [-0.4, -0.2) is 51.7 Å². The van der Waals surface area contributed by atoms with Gasteiger partial charge in [-0.3, -0.25) is 9.36 Å². The minimum Gasteiger partial charge on any atom is -0.394 e. The summed E-state index contributed by atoms with van der Waals surface area (Å²) in [4.78, 5) is 28.7. The maximum absolute atomic E-state index is 12.5. The fourth-order valence-corrected chi connectivity index (χ4v) is 7.84. The molecule has 3 heterocycles. The molecule has 2 saturated heterocycles. The summed E-state index contributed by atoms with van der Waals surface area (Å²) >= 11 is 6.93. The summed E-state index contributed by atoms with van der Waals surface area (Å²) in [5.41, 5.74) is -2.57. The largest absolute Gasteiger partial charge is 0.394 e. The van der Waals surface area contributed by atoms with Crippen molar-refractivity contribution in [3.05, 3.63) is 58.6 Å². The lowest BCUT2D eigenvalue weighted by Crippen LogP contribution is -2.28. The van der Waals surface area contributed by atoms with Crippen molar-refractivity contribution >= 4 is 40.6 Å². The molecule has 1 amide bonds. The van der Waals surface area contributed by atoms with Crippen LogP contribution in [0.5, 0.6) is 0 Å². The topological polar surface area (TPSA) is 112 Å². The first-order valence-corrected chi connectivity index (χ1v) is 13.5. The summed E-state index contributed by atoms with van der Waals surface area (Å²) in [6.07, 6.45) is 0.0480. The number of amides is 1. The first-order valence-electron chi connectivity index (χ1n) is 9.27. The molecule has 2 fully saturated rings. The van der Waals surface area contributed by atoms with Crippen molar-refractivity contribution in [3.63, 3.8) is 0 Å². The van der Waals surface area contributed by atoms with Crippen LogP contribution in [0.2, 0.25) is 0 Å². The summed E-state index contributed by atoms with van der Waals surface area (Å²) in [6.45, 7) is 0.275. The fraction of sp³-hybridized carbons (Fsp3) is 0.389. The Morgan fingerprint density at radius 3 is 2.87 bits per heavy atom. The van der Waals surface area contributed by atoms with Gasteiger partial charge < -0.3 is 24.2 Å². The van der Waals surface area contributed by atoms with E-state index in [9.17, 15) is 14.7 Å². The highest BCUT2D eigenvalue weighted by atomic mass is 32.9. The average Bonchev–Trinajstić information content (AvgIpc) is 3.35. The number of rotatable bonds is 6. The zero-order valence-electron chi connectivity index (χ0n) is 15.7. The SMILES string of the molecule is O=C(Nc1ccn([C@H]2C[C@H](OP3(=S)OCCS3)[C@@H](CO)O2)c(=O)n1)c1ccccc1. The van der Waals surface area contributed by atoms with Gasteiger partial charge in [0.25, 0.3) is 5.91 Å². The number of aromatic nitrogens is 2. The second-order valence-electron chi connectivity index (χ2n) is 6.63. The van der Waals surface area contributed by atoms with Crippen molar-refractivity contribution in [3.8, 4) is 0 Å². The van der Waals surface area contributed by atoms with Gasteiger partial charge in [-0.05, 0) is 30.0 Å². The van der Waals surface area contributed by atoms with Gasteiger partial charge in [-0.2, -0.15) is 4.98 Å². The van der Waals surface area contributed by atoms with Crippen molar-refractivity contribution in [1.82, 2.24) is 9.55 Å². The Labute approximate surface area is 181 Å². The van der Waals surface area contributed by atoms with Gasteiger partial charge in [-0.25, -0.2) is 4.79 Å². The van der Waals surface area contributed by atoms with E-state index in [-0.39, 0.29) is 18.3 Å². The summed E-state index contributed by atoms with van der Waals surface area (Å²) in [5, 5.41) is 12.3. The summed E-state index contributed by atoms with van der Waals surface area (Å²) in [5.74, 6) is 0.554. The van der Waals surface area contributed by atoms with Crippen molar-refractivity contribution in [2.75, 3.05) is 24.3 Å². The predicted molar refractivity (Wildman–Crippen MR) is 116 cm³/mol. The van der Waals surface area contributed by atoms with Crippen LogP contribution in [0, 0.1) is 0 Å². The monoisotopic (exact) mass is 469 g/mol. The molecule has 0 radical (unpaired) electrons. The standard InChI is InChI=1S/C18H20N3O6PS2/c22-11-14-13(27-28(29)25-8-9-30-28)10-16(26-14)21-7-6-15(20-18(21)24)19-17(23)12-4-2-1-3-5-12/h1-7,13-14,16,22H,8-11H2,(H,19,20,23,24)/t13-,14+,16+,28?/m0/s1. The molecule has 0 saturated carbocycles. The number of carbonyl (C=O) groups excluding carboxylic acids is 1. The summed E-state index contributed by atoms with van der Waals surface area (Å²) < 4.78 is 18.6. The lowest BCUT2D eigenvalue weighted by molar-refractivity contribution is -0.0418. The number of carbonyl (C=O) groups is 1. The van der Waals surface area contributed by atoms with Crippen molar-refractivity contribution in [2.45, 2.75) is 24.9 Å². The highest BCUT2D eigenvalue weighted by Crippen LogP contribution is 2.66. The molecule has 0 aliphatic carbocycles. The van der Waals surface area contributed by atoms with Crippen LogP contribution in [0.15, 0.2) is 47.4 Å². The Hall–Kier alpha value is -1.59. The van der Waals surface area contributed by atoms with Crippen molar-refractivity contribution in [2.24, 2.45) is 0 Å². The third kappa shape index (κ3) is 4.83. The van der Waals surface area contributed by atoms with Gasteiger partial charge in [-0.15, -0.1) is 0 Å². The number of hydrogen-bond donors (Lipinski definition) is 2. The first-order chi connectivity index (χ1) is 14.5. The quantitative estimate of drug-likeness (QED) is 0.615. The van der Waals surface area contributed by atoms with Gasteiger partial charge in [-0.1, -0.05) is 29.6 Å². The lowest BCUT2D eigenvalue weighted by atomic mass is 10.2. The molecule has 9 nitrogen and oxygen atoms in total. The smallest absolute Gasteiger partial charge is 0.351 e. The molecule has 1 unspecified atom stereocenters. The Balaban J connectivity index is 1.45. The van der Waals surface area contributed by atoms with E-state index in [2.05, 4.69) is 10.3 Å². The highest BCUT2D eigenvalue weighted by molar-refractivity contribution is 8.68. The molecule has 30 heavy (non-hydrogen) atoms. The molecule has 4 rings (SSSR count). The third-order valence-electron chi connectivity index (χ3n) is 4.62.